The van der Waals surface area contributed by atoms with Gasteiger partial charge >= 0.3 is 0 Å². The van der Waals surface area contributed by atoms with Crippen LogP contribution in [0.4, 0.5) is 0 Å². The van der Waals surface area contributed by atoms with Crippen LogP contribution in [0.5, 0.6) is 0 Å². The van der Waals surface area contributed by atoms with E-state index >= 15 is 0 Å². The minimum absolute atomic E-state index is 0.215. The molecule has 3 nitrogen and oxygen atoms in total. The summed E-state index contributed by atoms with van der Waals surface area (Å²) in [5, 5.41) is 10.6. The molecular formula is C6H7O3-. The minimum Gasteiger partial charge on any atom is -0.868 e. The van der Waals surface area contributed by atoms with Gasteiger partial charge in [-0.25, -0.2) is 0 Å². The molecule has 1 rings (SSSR count). The number of hydrogen-bond acceptors (Lipinski definition) is 3. The first kappa shape index (κ1) is 6.13. The van der Waals surface area contributed by atoms with Gasteiger partial charge in [0.15, 0.2) is 11.9 Å². The second-order valence-corrected chi connectivity index (χ2v) is 2.01. The molecule has 3 heteroatoms. The Kier molecular flexibility index (Phi) is 1.20. The molecule has 0 saturated carbocycles. The molecule has 0 aromatic heterocycles. The van der Waals surface area contributed by atoms with E-state index in [1.165, 1.54) is 6.92 Å². The highest BCUT2D eigenvalue weighted by Crippen LogP contribution is 2.15. The maximum Gasteiger partial charge on any atom is 0.191 e. The van der Waals surface area contributed by atoms with Gasteiger partial charge in [-0.15, -0.1) is 0 Å². The van der Waals surface area contributed by atoms with Crippen LogP contribution < -0.4 is 5.11 Å². The standard InChI is InChI=1S/C6H8O3/c1-3-5(7)6(8)4(2)9-3/h3,8H,1-2H3/p-1. The van der Waals surface area contributed by atoms with E-state index in [2.05, 4.69) is 0 Å². The summed E-state index contributed by atoms with van der Waals surface area (Å²) in [4.78, 5) is 10.6. The first-order valence-electron chi connectivity index (χ1n) is 2.71. The number of carbonyl (C=O) groups is 1. The minimum atomic E-state index is -0.558. The molecule has 0 amide bonds. The quantitative estimate of drug-likeness (QED) is 0.443. The van der Waals surface area contributed by atoms with Crippen LogP contribution in [0.15, 0.2) is 11.5 Å². The summed E-state index contributed by atoms with van der Waals surface area (Å²) in [6, 6.07) is 0. The summed E-state index contributed by atoms with van der Waals surface area (Å²) in [6.45, 7) is 3.07. The predicted molar refractivity (Wildman–Crippen MR) is 28.3 cm³/mol. The van der Waals surface area contributed by atoms with Crippen LogP contribution >= 0.6 is 0 Å². The average Bonchev–Trinajstić information content (AvgIpc) is 1.98. The van der Waals surface area contributed by atoms with Gasteiger partial charge in [-0.1, -0.05) is 0 Å². The molecule has 1 unspecified atom stereocenters. The highest BCUT2D eigenvalue weighted by Gasteiger charge is 2.21. The number of ether oxygens (including phenoxy) is 1. The lowest BCUT2D eigenvalue weighted by molar-refractivity contribution is -0.299. The van der Waals surface area contributed by atoms with Crippen LogP contribution in [-0.2, 0) is 9.53 Å². The Morgan fingerprint density at radius 1 is 1.67 bits per heavy atom. The van der Waals surface area contributed by atoms with Gasteiger partial charge in [0.25, 0.3) is 0 Å². The fourth-order valence-electron chi connectivity index (χ4n) is 0.730. The molecular weight excluding hydrogens is 120 g/mol. The molecule has 0 spiro atoms. The Labute approximate surface area is 52.9 Å². The zero-order valence-corrected chi connectivity index (χ0v) is 5.30. The molecule has 0 aromatic rings. The van der Waals surface area contributed by atoms with Crippen LogP contribution in [0.25, 0.3) is 0 Å². The molecule has 0 aliphatic carbocycles. The zero-order valence-electron chi connectivity index (χ0n) is 5.30. The lowest BCUT2D eigenvalue weighted by atomic mass is 10.2. The lowest BCUT2D eigenvalue weighted by Gasteiger charge is -2.01. The van der Waals surface area contributed by atoms with Gasteiger partial charge in [-0.05, 0) is 19.6 Å². The highest BCUT2D eigenvalue weighted by molar-refractivity contribution is 5.98. The van der Waals surface area contributed by atoms with E-state index in [-0.39, 0.29) is 5.76 Å². The summed E-state index contributed by atoms with van der Waals surface area (Å²) in [7, 11) is 0. The molecule has 0 fully saturated rings. The van der Waals surface area contributed by atoms with Gasteiger partial charge in [0.1, 0.15) is 0 Å². The van der Waals surface area contributed by atoms with Crippen LogP contribution in [-0.4, -0.2) is 11.9 Å². The van der Waals surface area contributed by atoms with Crippen molar-refractivity contribution in [1.82, 2.24) is 0 Å². The van der Waals surface area contributed by atoms with Crippen molar-refractivity contribution in [2.75, 3.05) is 0 Å². The summed E-state index contributed by atoms with van der Waals surface area (Å²) in [5.41, 5.74) is 0. The molecule has 9 heavy (non-hydrogen) atoms. The van der Waals surface area contributed by atoms with Gasteiger partial charge < -0.3 is 9.84 Å². The molecule has 50 valence electrons. The summed E-state index contributed by atoms with van der Waals surface area (Å²) >= 11 is 0. The van der Waals surface area contributed by atoms with Crippen molar-refractivity contribution in [3.8, 4) is 0 Å². The van der Waals surface area contributed by atoms with Gasteiger partial charge in [0, 0.05) is 0 Å². The molecule has 1 atom stereocenters. The number of hydrogen-bond donors (Lipinski definition) is 0. The Morgan fingerprint density at radius 3 is 2.33 bits per heavy atom. The zero-order chi connectivity index (χ0) is 7.02. The third-order valence-corrected chi connectivity index (χ3v) is 1.27. The maximum absolute atomic E-state index is 10.6. The fraction of sp³-hybridized carbons (Fsp3) is 0.500. The Hall–Kier alpha value is -0.990. The van der Waals surface area contributed by atoms with Gasteiger partial charge in [0.05, 0.1) is 5.76 Å². The van der Waals surface area contributed by atoms with Gasteiger partial charge in [-0.2, -0.15) is 0 Å². The van der Waals surface area contributed by atoms with Gasteiger partial charge in [-0.3, -0.25) is 4.79 Å². The van der Waals surface area contributed by atoms with E-state index in [1.54, 1.807) is 6.92 Å². The SMILES string of the molecule is CC1=C([O-])C(=O)C(C)O1. The molecule has 0 saturated heterocycles. The Morgan fingerprint density at radius 2 is 2.22 bits per heavy atom. The van der Waals surface area contributed by atoms with Crippen molar-refractivity contribution in [3.05, 3.63) is 11.5 Å². The summed E-state index contributed by atoms with van der Waals surface area (Å²) in [6.07, 6.45) is -0.558. The average molecular weight is 127 g/mol. The van der Waals surface area contributed by atoms with E-state index in [9.17, 15) is 9.90 Å². The van der Waals surface area contributed by atoms with Crippen molar-refractivity contribution >= 4 is 5.78 Å². The van der Waals surface area contributed by atoms with E-state index in [4.69, 9.17) is 4.74 Å². The topological polar surface area (TPSA) is 49.4 Å². The second kappa shape index (κ2) is 1.76. The Bertz CT molecular complexity index is 181. The number of Topliss-reactive ketones (excluding diaryl/α,β-unsaturated/α-hetero) is 1. The summed E-state index contributed by atoms with van der Waals surface area (Å²) in [5.74, 6) is -0.706. The highest BCUT2D eigenvalue weighted by atomic mass is 16.5. The van der Waals surface area contributed by atoms with E-state index < -0.39 is 17.6 Å². The van der Waals surface area contributed by atoms with Crippen molar-refractivity contribution in [2.24, 2.45) is 0 Å². The van der Waals surface area contributed by atoms with Crippen molar-refractivity contribution in [3.63, 3.8) is 0 Å². The fourth-order valence-corrected chi connectivity index (χ4v) is 0.730. The molecule has 1 heterocycles. The van der Waals surface area contributed by atoms with Crippen molar-refractivity contribution in [2.45, 2.75) is 20.0 Å². The molecule has 1 aliphatic rings. The summed E-state index contributed by atoms with van der Waals surface area (Å²) < 4.78 is 4.80. The van der Waals surface area contributed by atoms with E-state index in [1.807, 2.05) is 0 Å². The monoisotopic (exact) mass is 127 g/mol. The number of allylic oxidation sites excluding steroid dienone is 1. The van der Waals surface area contributed by atoms with Crippen LogP contribution in [0.3, 0.4) is 0 Å². The van der Waals surface area contributed by atoms with Gasteiger partial charge in [0.2, 0.25) is 0 Å². The van der Waals surface area contributed by atoms with E-state index in [0.717, 1.165) is 0 Å². The number of rotatable bonds is 0. The van der Waals surface area contributed by atoms with Crippen LogP contribution in [0, 0.1) is 0 Å². The van der Waals surface area contributed by atoms with Crippen molar-refractivity contribution < 1.29 is 14.6 Å². The van der Waals surface area contributed by atoms with Crippen molar-refractivity contribution in [1.29, 1.82) is 0 Å². The van der Waals surface area contributed by atoms with Crippen LogP contribution in [0.2, 0.25) is 0 Å². The Balaban J connectivity index is 2.87. The number of ketones is 1. The van der Waals surface area contributed by atoms with Crippen LogP contribution in [0.1, 0.15) is 13.8 Å². The van der Waals surface area contributed by atoms with E-state index in [0.29, 0.717) is 0 Å². The second-order valence-electron chi connectivity index (χ2n) is 2.01. The normalized spacial score (nSPS) is 26.9. The molecule has 0 aromatic carbocycles. The smallest absolute Gasteiger partial charge is 0.191 e. The predicted octanol–water partition coefficient (Wildman–Crippen LogP) is -0.434. The number of carbonyl (C=O) groups excluding carboxylic acids is 1. The first-order chi connectivity index (χ1) is 4.13. The lowest BCUT2D eigenvalue weighted by Crippen LogP contribution is -2.19. The first-order valence-corrected chi connectivity index (χ1v) is 2.71. The molecule has 0 bridgehead atoms. The third kappa shape index (κ3) is 0.781. The molecule has 0 N–H and O–H groups in total. The molecule has 1 aliphatic heterocycles. The largest absolute Gasteiger partial charge is 0.868 e. The maximum atomic E-state index is 10.6. The molecule has 0 radical (unpaired) electrons. The third-order valence-electron chi connectivity index (χ3n) is 1.27.